The van der Waals surface area contributed by atoms with Crippen LogP contribution in [0.1, 0.15) is 142 Å². The number of carboxylic acid groups (broad SMARTS) is 1. The maximum absolute atomic E-state index is 12.6. The lowest BCUT2D eigenvalue weighted by molar-refractivity contribution is -0.154. The molecule has 0 aromatic heterocycles. The van der Waals surface area contributed by atoms with Gasteiger partial charge in [-0.3, -0.25) is 18.6 Å². The number of carbonyl (C=O) groups excluding carboxylic acids is 1. The van der Waals surface area contributed by atoms with Crippen molar-refractivity contribution in [1.29, 1.82) is 0 Å². The summed E-state index contributed by atoms with van der Waals surface area (Å²) in [5, 5.41) is 8.89. The lowest BCUT2D eigenvalue weighted by atomic mass is 10.1. The highest BCUT2D eigenvalue weighted by Crippen LogP contribution is 2.43. The maximum Gasteiger partial charge on any atom is 0.472 e. The number of carbonyl (C=O) groups is 2. The molecule has 11 heteroatoms. The highest BCUT2D eigenvalue weighted by Gasteiger charge is 2.27. The molecule has 0 fully saturated rings. The van der Waals surface area contributed by atoms with Crippen LogP contribution in [0.2, 0.25) is 0 Å². The van der Waals surface area contributed by atoms with Gasteiger partial charge in [-0.2, -0.15) is 0 Å². The summed E-state index contributed by atoms with van der Waals surface area (Å²) in [6.45, 7) is 3.53. The normalized spacial score (nSPS) is 14.9. The molecule has 0 aromatic rings. The molecule has 0 aromatic carbocycles. The topological polar surface area (TPSA) is 155 Å². The lowest BCUT2D eigenvalue weighted by Crippen LogP contribution is -2.34. The Hall–Kier alpha value is -3.37. The van der Waals surface area contributed by atoms with Crippen LogP contribution in [-0.4, -0.2) is 60.5 Å². The monoisotopic (exact) mass is 844 g/mol. The zero-order valence-electron chi connectivity index (χ0n) is 36.3. The van der Waals surface area contributed by atoms with E-state index in [1.54, 1.807) is 0 Å². The van der Waals surface area contributed by atoms with Gasteiger partial charge in [0.15, 0.2) is 0 Å². The van der Waals surface area contributed by atoms with E-state index >= 15 is 0 Å². The van der Waals surface area contributed by atoms with E-state index < -0.39 is 45.1 Å². The largest absolute Gasteiger partial charge is 0.480 e. The van der Waals surface area contributed by atoms with Gasteiger partial charge in [0.1, 0.15) is 12.1 Å². The number of allylic oxidation sites excluding steroid dienone is 18. The molecule has 0 saturated carbocycles. The Labute approximate surface area is 357 Å². The first-order valence-electron chi connectivity index (χ1n) is 21.9. The number of unbranched alkanes of at least 4 members (excludes halogenated alkanes) is 8. The molecular weight excluding hydrogens is 765 g/mol. The molecule has 4 N–H and O–H groups in total. The second kappa shape index (κ2) is 42.7. The Morgan fingerprint density at radius 1 is 0.559 bits per heavy atom. The van der Waals surface area contributed by atoms with Gasteiger partial charge in [0.05, 0.1) is 19.8 Å². The third-order valence-electron chi connectivity index (χ3n) is 8.52. The molecule has 0 rings (SSSR count). The Bertz CT molecular complexity index is 1350. The molecule has 0 radical (unpaired) electrons. The average molecular weight is 844 g/mol. The summed E-state index contributed by atoms with van der Waals surface area (Å²) in [5.74, 6) is -1.83. The van der Waals surface area contributed by atoms with E-state index in [0.29, 0.717) is 13.0 Å². The summed E-state index contributed by atoms with van der Waals surface area (Å²) < 4.78 is 33.3. The first-order valence-corrected chi connectivity index (χ1v) is 23.4. The Morgan fingerprint density at radius 2 is 0.983 bits per heavy atom. The molecule has 0 aliphatic rings. The van der Waals surface area contributed by atoms with Crippen LogP contribution in [-0.2, 0) is 32.7 Å². The second-order valence-electron chi connectivity index (χ2n) is 14.1. The van der Waals surface area contributed by atoms with Gasteiger partial charge in [-0.1, -0.05) is 149 Å². The molecule has 0 bridgehead atoms. The van der Waals surface area contributed by atoms with Gasteiger partial charge in [-0.25, -0.2) is 4.57 Å². The number of esters is 1. The number of rotatable bonds is 40. The van der Waals surface area contributed by atoms with Crippen LogP contribution in [0, 0.1) is 0 Å². The summed E-state index contributed by atoms with van der Waals surface area (Å²) in [4.78, 5) is 33.5. The number of hydrogen-bond acceptors (Lipinski definition) is 8. The van der Waals surface area contributed by atoms with Crippen LogP contribution in [0.4, 0.5) is 0 Å². The van der Waals surface area contributed by atoms with Gasteiger partial charge >= 0.3 is 19.8 Å². The van der Waals surface area contributed by atoms with Crippen LogP contribution in [0.5, 0.6) is 0 Å². The molecular formula is C48H78NO9P. The number of phosphoric acid groups is 1. The van der Waals surface area contributed by atoms with Crippen molar-refractivity contribution in [2.75, 3.05) is 26.4 Å². The van der Waals surface area contributed by atoms with Crippen LogP contribution < -0.4 is 5.73 Å². The lowest BCUT2D eigenvalue weighted by Gasteiger charge is -2.20. The highest BCUT2D eigenvalue weighted by atomic mass is 31.2. The predicted molar refractivity (Wildman–Crippen MR) is 244 cm³/mol. The number of carboxylic acids is 1. The van der Waals surface area contributed by atoms with E-state index in [4.69, 9.17) is 29.4 Å². The van der Waals surface area contributed by atoms with Gasteiger partial charge in [0, 0.05) is 13.0 Å². The standard InChI is InChI=1S/C48H78NO9P/c1-3-5-7-9-11-13-15-17-18-19-20-21-22-23-24-25-26-27-29-31-33-35-37-39-41-55-42-45(43-56-59(53,54)57-44-46(49)48(51)52)58-47(50)40-38-36-34-32-30-28-16-14-12-10-8-6-4-2/h5,7-8,10-11,13-14,16-18,20-21,23-24,26-27,31,33,45-46H,3-4,6,9,12,15,19,22,25,28-30,32,34-44,49H2,1-2H3,(H,51,52)(H,53,54)/b7-5-,10-8-,13-11-,16-14-,18-17-,21-20-,24-23-,27-26-,33-31-. The average Bonchev–Trinajstić information content (AvgIpc) is 3.21. The van der Waals surface area contributed by atoms with Gasteiger partial charge in [-0.15, -0.1) is 0 Å². The van der Waals surface area contributed by atoms with Crippen LogP contribution in [0.25, 0.3) is 0 Å². The fourth-order valence-corrected chi connectivity index (χ4v) is 5.93. The third kappa shape index (κ3) is 42.6. The number of aliphatic carboxylic acids is 1. The molecule has 0 spiro atoms. The smallest absolute Gasteiger partial charge is 0.472 e. The van der Waals surface area contributed by atoms with E-state index in [9.17, 15) is 19.0 Å². The minimum absolute atomic E-state index is 0.0270. The Morgan fingerprint density at radius 3 is 1.47 bits per heavy atom. The van der Waals surface area contributed by atoms with Crippen molar-refractivity contribution in [2.24, 2.45) is 5.73 Å². The molecule has 3 atom stereocenters. The molecule has 0 aliphatic carbocycles. The number of ether oxygens (including phenoxy) is 2. The SMILES string of the molecule is CC/C=C\C/C=C\C/C=C\C/C=C\C/C=C\C/C=C\C/C=C\CCCCOCC(COP(=O)(O)OCC(N)C(=O)O)OC(=O)CCCCCCC/C=C\C/C=C\CCC. The maximum atomic E-state index is 12.6. The fraction of sp³-hybridized carbons (Fsp3) is 0.583. The van der Waals surface area contributed by atoms with Crippen molar-refractivity contribution in [3.8, 4) is 0 Å². The van der Waals surface area contributed by atoms with E-state index in [1.807, 2.05) is 0 Å². The zero-order valence-corrected chi connectivity index (χ0v) is 37.2. The first-order chi connectivity index (χ1) is 28.7. The van der Waals surface area contributed by atoms with Crippen molar-refractivity contribution in [3.63, 3.8) is 0 Å². The fourth-order valence-electron chi connectivity index (χ4n) is 5.15. The first kappa shape index (κ1) is 55.6. The van der Waals surface area contributed by atoms with E-state index in [0.717, 1.165) is 109 Å². The molecule has 0 aliphatic heterocycles. The molecule has 334 valence electrons. The summed E-state index contributed by atoms with van der Waals surface area (Å²) >= 11 is 0. The van der Waals surface area contributed by atoms with Gasteiger partial charge in [0.25, 0.3) is 0 Å². The molecule has 3 unspecified atom stereocenters. The van der Waals surface area contributed by atoms with Crippen molar-refractivity contribution in [1.82, 2.24) is 0 Å². The van der Waals surface area contributed by atoms with Crippen LogP contribution in [0.3, 0.4) is 0 Å². The van der Waals surface area contributed by atoms with Crippen molar-refractivity contribution < 1.29 is 42.7 Å². The molecule has 0 heterocycles. The van der Waals surface area contributed by atoms with E-state index in [-0.39, 0.29) is 13.0 Å². The number of nitrogens with two attached hydrogens (primary N) is 1. The summed E-state index contributed by atoms with van der Waals surface area (Å²) in [7, 11) is -4.64. The Kier molecular flexibility index (Phi) is 40.3. The van der Waals surface area contributed by atoms with E-state index in [2.05, 4.69) is 123 Å². The minimum Gasteiger partial charge on any atom is -0.480 e. The van der Waals surface area contributed by atoms with Crippen molar-refractivity contribution in [3.05, 3.63) is 109 Å². The number of phosphoric ester groups is 1. The third-order valence-corrected chi connectivity index (χ3v) is 9.47. The molecule has 59 heavy (non-hydrogen) atoms. The highest BCUT2D eigenvalue weighted by molar-refractivity contribution is 7.47. The molecule has 10 nitrogen and oxygen atoms in total. The van der Waals surface area contributed by atoms with Crippen LogP contribution in [0.15, 0.2) is 109 Å². The summed E-state index contributed by atoms with van der Waals surface area (Å²) in [5.41, 5.74) is 5.35. The minimum atomic E-state index is -4.64. The van der Waals surface area contributed by atoms with Crippen molar-refractivity contribution in [2.45, 2.75) is 154 Å². The summed E-state index contributed by atoms with van der Waals surface area (Å²) in [6, 6.07) is -1.49. The number of hydrogen-bond donors (Lipinski definition) is 3. The van der Waals surface area contributed by atoms with Crippen molar-refractivity contribution >= 4 is 19.8 Å². The molecule has 0 amide bonds. The van der Waals surface area contributed by atoms with E-state index in [1.165, 1.54) is 6.42 Å². The molecule has 0 saturated heterocycles. The van der Waals surface area contributed by atoms with Gasteiger partial charge in [-0.05, 0) is 96.3 Å². The van der Waals surface area contributed by atoms with Gasteiger partial charge in [0.2, 0.25) is 0 Å². The Balaban J connectivity index is 4.35. The zero-order chi connectivity index (χ0) is 43.3. The second-order valence-corrected chi connectivity index (χ2v) is 15.5. The van der Waals surface area contributed by atoms with Gasteiger partial charge < -0.3 is 25.2 Å². The predicted octanol–water partition coefficient (Wildman–Crippen LogP) is 12.3. The summed E-state index contributed by atoms with van der Waals surface area (Å²) in [6.07, 6.45) is 57.2. The quantitative estimate of drug-likeness (QED) is 0.0235. The van der Waals surface area contributed by atoms with Crippen LogP contribution >= 0.6 is 7.82 Å².